The number of nitrogens with zero attached hydrogens (tertiary/aromatic N) is 1. The molecule has 0 aromatic carbocycles. The van der Waals surface area contributed by atoms with E-state index in [1.165, 1.54) is 6.08 Å². The third-order valence-electron chi connectivity index (χ3n) is 4.62. The highest BCUT2D eigenvalue weighted by Crippen LogP contribution is 2.56. The van der Waals surface area contributed by atoms with Crippen molar-refractivity contribution in [3.8, 4) is 0 Å². The third kappa shape index (κ3) is 2.64. The van der Waals surface area contributed by atoms with Gasteiger partial charge in [-0.1, -0.05) is 0 Å². The molecule has 0 radical (unpaired) electrons. The summed E-state index contributed by atoms with van der Waals surface area (Å²) in [5.74, 6) is -1.88. The fraction of sp³-hybridized carbons (Fsp3) is 0.714. The van der Waals surface area contributed by atoms with E-state index in [0.29, 0.717) is 18.0 Å². The summed E-state index contributed by atoms with van der Waals surface area (Å²) in [7, 11) is 0. The van der Waals surface area contributed by atoms with Gasteiger partial charge in [-0.25, -0.2) is 0 Å². The van der Waals surface area contributed by atoms with Crippen molar-refractivity contribution < 1.29 is 24.4 Å². The number of carboxylic acid groups (broad SMARTS) is 1. The summed E-state index contributed by atoms with van der Waals surface area (Å²) >= 11 is 0. The van der Waals surface area contributed by atoms with Gasteiger partial charge in [0.25, 0.3) is 0 Å². The molecule has 0 amide bonds. The van der Waals surface area contributed by atoms with Gasteiger partial charge in [-0.3, -0.25) is 19.7 Å². The Morgan fingerprint density at radius 3 is 2.29 bits per heavy atom. The Kier molecular flexibility index (Phi) is 3.22. The maximum absolute atomic E-state index is 12.3. The first-order chi connectivity index (χ1) is 9.95. The van der Waals surface area contributed by atoms with Crippen LogP contribution in [-0.2, 0) is 14.3 Å². The SMILES string of the molecule is O=C(O)C1(C(=O)OC(C2CC2)C2CC2)CC1/C=C/[N+](=O)[O-]. The molecule has 2 atom stereocenters. The lowest BCUT2D eigenvalue weighted by molar-refractivity contribution is -0.402. The predicted octanol–water partition coefficient (Wildman–Crippen LogP) is 1.60. The Morgan fingerprint density at radius 2 is 1.86 bits per heavy atom. The first kappa shape index (κ1) is 14.0. The number of carbonyl (C=O) groups is 2. The second-order valence-electron chi connectivity index (χ2n) is 6.26. The first-order valence-corrected chi connectivity index (χ1v) is 7.21. The third-order valence-corrected chi connectivity index (χ3v) is 4.62. The average Bonchev–Trinajstić information content (AvgIpc) is 3.25. The van der Waals surface area contributed by atoms with Crippen LogP contribution in [-0.4, -0.2) is 28.1 Å². The van der Waals surface area contributed by atoms with E-state index < -0.39 is 28.2 Å². The molecule has 7 heteroatoms. The number of ether oxygens (including phenoxy) is 1. The van der Waals surface area contributed by atoms with Crippen LogP contribution in [0, 0.1) is 33.3 Å². The number of carbonyl (C=O) groups excluding carboxylic acids is 1. The van der Waals surface area contributed by atoms with Crippen LogP contribution in [0.5, 0.6) is 0 Å². The van der Waals surface area contributed by atoms with Crippen molar-refractivity contribution in [3.63, 3.8) is 0 Å². The Hall–Kier alpha value is -1.92. The van der Waals surface area contributed by atoms with E-state index in [4.69, 9.17) is 4.74 Å². The molecule has 3 saturated carbocycles. The highest BCUT2D eigenvalue weighted by atomic mass is 16.6. The largest absolute Gasteiger partial charge is 0.480 e. The Bertz CT molecular complexity index is 510. The Morgan fingerprint density at radius 1 is 1.29 bits per heavy atom. The van der Waals surface area contributed by atoms with E-state index in [9.17, 15) is 24.8 Å². The summed E-state index contributed by atoms with van der Waals surface area (Å²) in [6, 6.07) is 0. The summed E-state index contributed by atoms with van der Waals surface area (Å²) < 4.78 is 5.50. The van der Waals surface area contributed by atoms with Gasteiger partial charge in [-0.05, 0) is 50.0 Å². The molecule has 0 bridgehead atoms. The molecule has 0 saturated heterocycles. The van der Waals surface area contributed by atoms with Crippen LogP contribution in [0.25, 0.3) is 0 Å². The molecule has 1 N–H and O–H groups in total. The zero-order valence-corrected chi connectivity index (χ0v) is 11.4. The number of allylic oxidation sites excluding steroid dienone is 1. The van der Waals surface area contributed by atoms with Crippen molar-refractivity contribution in [3.05, 3.63) is 22.4 Å². The van der Waals surface area contributed by atoms with Gasteiger partial charge in [0.05, 0.1) is 4.92 Å². The van der Waals surface area contributed by atoms with E-state index in [1.807, 2.05) is 0 Å². The number of esters is 1. The van der Waals surface area contributed by atoms with Crippen LogP contribution in [0.4, 0.5) is 0 Å². The molecule has 3 fully saturated rings. The molecule has 114 valence electrons. The van der Waals surface area contributed by atoms with Crippen LogP contribution in [0.15, 0.2) is 12.3 Å². The van der Waals surface area contributed by atoms with Gasteiger partial charge in [0, 0.05) is 5.92 Å². The number of nitro groups is 1. The lowest BCUT2D eigenvalue weighted by atomic mass is 10.0. The highest BCUT2D eigenvalue weighted by Gasteiger charge is 2.67. The number of aliphatic carboxylic acids is 1. The molecule has 0 heterocycles. The molecule has 0 aromatic heterocycles. The minimum absolute atomic E-state index is 0.0769. The normalized spacial score (nSPS) is 31.4. The smallest absolute Gasteiger partial charge is 0.324 e. The van der Waals surface area contributed by atoms with E-state index in [2.05, 4.69) is 0 Å². The van der Waals surface area contributed by atoms with Gasteiger partial charge in [0.2, 0.25) is 6.20 Å². The molecule has 7 nitrogen and oxygen atoms in total. The fourth-order valence-corrected chi connectivity index (χ4v) is 2.92. The molecule has 0 aliphatic heterocycles. The van der Waals surface area contributed by atoms with Gasteiger partial charge in [-0.2, -0.15) is 0 Å². The van der Waals surface area contributed by atoms with Crippen molar-refractivity contribution >= 4 is 11.9 Å². The zero-order valence-electron chi connectivity index (χ0n) is 11.4. The summed E-state index contributed by atoms with van der Waals surface area (Å²) in [5.41, 5.74) is -1.62. The molecule has 3 aliphatic carbocycles. The van der Waals surface area contributed by atoms with Crippen molar-refractivity contribution in [1.82, 2.24) is 0 Å². The maximum Gasteiger partial charge on any atom is 0.324 e. The van der Waals surface area contributed by atoms with Crippen molar-refractivity contribution in [2.24, 2.45) is 23.2 Å². The standard InChI is InChI=1S/C14H17NO6/c16-12(17)14(7-10(14)5-6-15(19)20)13(18)21-11(8-1-2-8)9-3-4-9/h5-6,8-11H,1-4,7H2,(H,16,17)/b6-5+. The lowest BCUT2D eigenvalue weighted by Crippen LogP contribution is -2.34. The maximum atomic E-state index is 12.3. The number of rotatable bonds is 7. The second kappa shape index (κ2) is 4.82. The van der Waals surface area contributed by atoms with E-state index >= 15 is 0 Å². The molecule has 21 heavy (non-hydrogen) atoms. The molecule has 2 unspecified atom stereocenters. The van der Waals surface area contributed by atoms with Crippen LogP contribution in [0.2, 0.25) is 0 Å². The van der Waals surface area contributed by atoms with Gasteiger partial charge in [-0.15, -0.1) is 0 Å². The lowest BCUT2D eigenvalue weighted by Gasteiger charge is -2.19. The average molecular weight is 295 g/mol. The minimum atomic E-state index is -1.62. The van der Waals surface area contributed by atoms with Crippen molar-refractivity contribution in [2.45, 2.75) is 38.2 Å². The summed E-state index contributed by atoms with van der Waals surface area (Å²) in [6.45, 7) is 0. The predicted molar refractivity (Wildman–Crippen MR) is 69.6 cm³/mol. The van der Waals surface area contributed by atoms with E-state index in [1.54, 1.807) is 0 Å². The van der Waals surface area contributed by atoms with Crippen molar-refractivity contribution in [1.29, 1.82) is 0 Å². The molecule has 3 aliphatic rings. The number of hydrogen-bond acceptors (Lipinski definition) is 5. The molecule has 3 rings (SSSR count). The van der Waals surface area contributed by atoms with Crippen molar-refractivity contribution in [2.75, 3.05) is 0 Å². The van der Waals surface area contributed by atoms with Gasteiger partial charge in [0.15, 0.2) is 5.41 Å². The molecule has 0 spiro atoms. The van der Waals surface area contributed by atoms with Crippen LogP contribution >= 0.6 is 0 Å². The quantitative estimate of drug-likeness (QED) is 0.331. The highest BCUT2D eigenvalue weighted by molar-refractivity contribution is 6.03. The minimum Gasteiger partial charge on any atom is -0.480 e. The monoisotopic (exact) mass is 295 g/mol. The first-order valence-electron chi connectivity index (χ1n) is 7.21. The van der Waals surface area contributed by atoms with Crippen LogP contribution < -0.4 is 0 Å². The molecule has 0 aromatic rings. The summed E-state index contributed by atoms with van der Waals surface area (Å²) in [6.07, 6.45) is 5.90. The Labute approximate surface area is 121 Å². The Balaban J connectivity index is 1.68. The van der Waals surface area contributed by atoms with Crippen LogP contribution in [0.3, 0.4) is 0 Å². The van der Waals surface area contributed by atoms with Crippen LogP contribution in [0.1, 0.15) is 32.1 Å². The van der Waals surface area contributed by atoms with Gasteiger partial charge >= 0.3 is 11.9 Å². The molecular weight excluding hydrogens is 278 g/mol. The van der Waals surface area contributed by atoms with Gasteiger partial charge in [0.1, 0.15) is 6.10 Å². The summed E-state index contributed by atoms with van der Waals surface area (Å²) in [4.78, 5) is 33.4. The molecular formula is C14H17NO6. The number of hydrogen-bond donors (Lipinski definition) is 1. The van der Waals surface area contributed by atoms with E-state index in [0.717, 1.165) is 25.7 Å². The fourth-order valence-electron chi connectivity index (χ4n) is 2.92. The van der Waals surface area contributed by atoms with E-state index in [-0.39, 0.29) is 12.5 Å². The summed E-state index contributed by atoms with van der Waals surface area (Å²) in [5, 5.41) is 19.6. The second-order valence-corrected chi connectivity index (χ2v) is 6.26. The zero-order chi connectivity index (χ0) is 15.2. The van der Waals surface area contributed by atoms with Gasteiger partial charge < -0.3 is 9.84 Å². The number of carboxylic acids is 1. The topological polar surface area (TPSA) is 107 Å².